The number of carbonyl (C=O) groups excluding carboxylic acids is 3. The molecular weight excluding hydrogens is 740 g/mol. The molecule has 3 aromatic rings. The van der Waals surface area contributed by atoms with Gasteiger partial charge < -0.3 is 68.7 Å². The molecule has 5 N–H and O–H groups in total. The van der Waals surface area contributed by atoms with Crippen molar-refractivity contribution in [1.29, 1.82) is 0 Å². The Bertz CT molecular complexity index is 2090. The van der Waals surface area contributed by atoms with Crippen molar-refractivity contribution < 1.29 is 72.4 Å². The number of fused-ring (bicyclic) bond motifs is 5. The number of aliphatic carboxylic acids is 1. The number of hydrogen-bond donors (Lipinski definition) is 5. The predicted octanol–water partition coefficient (Wildman–Crippen LogP) is 1.89. The molecule has 19 heteroatoms. The van der Waals surface area contributed by atoms with Crippen LogP contribution in [0.15, 0.2) is 41.7 Å². The van der Waals surface area contributed by atoms with Gasteiger partial charge in [-0.2, -0.15) is 0 Å². The molecule has 2 aromatic carbocycles. The van der Waals surface area contributed by atoms with Crippen LogP contribution in [-0.4, -0.2) is 108 Å². The number of ether oxygens (including phenoxy) is 8. The largest absolute Gasteiger partial charge is 0.512 e. The van der Waals surface area contributed by atoms with Gasteiger partial charge in [0.1, 0.15) is 24.9 Å². The Hall–Kier alpha value is -5.57. The van der Waals surface area contributed by atoms with Crippen molar-refractivity contribution in [1.82, 2.24) is 15.2 Å². The molecule has 5 heterocycles. The molecule has 7 rings (SSSR count). The molecule has 298 valence electrons. The number of aromatic nitrogens is 1. The van der Waals surface area contributed by atoms with Crippen LogP contribution in [0, 0.1) is 0 Å². The van der Waals surface area contributed by atoms with E-state index >= 15 is 0 Å². The molecule has 4 aliphatic rings. The highest BCUT2D eigenvalue weighted by Gasteiger charge is 2.44. The number of carbonyl (C=O) groups is 4. The number of esters is 1. The van der Waals surface area contributed by atoms with Crippen molar-refractivity contribution in [3.8, 4) is 17.2 Å². The molecule has 0 aliphatic carbocycles. The Kier molecular flexibility index (Phi) is 11.2. The second-order valence-electron chi connectivity index (χ2n) is 13.4. The molecule has 1 fully saturated rings. The van der Waals surface area contributed by atoms with Crippen molar-refractivity contribution in [2.75, 3.05) is 39.1 Å². The number of carboxylic acids is 1. The van der Waals surface area contributed by atoms with E-state index in [4.69, 9.17) is 42.9 Å². The second-order valence-corrected chi connectivity index (χ2v) is 13.4. The normalized spacial score (nSPS) is 22.5. The Morgan fingerprint density at radius 1 is 1.05 bits per heavy atom. The Labute approximate surface area is 319 Å². The van der Waals surface area contributed by atoms with E-state index in [0.29, 0.717) is 28.3 Å². The summed E-state index contributed by atoms with van der Waals surface area (Å²) in [6.45, 7) is 2.46. The van der Waals surface area contributed by atoms with Gasteiger partial charge in [-0.25, -0.2) is 4.79 Å². The first kappa shape index (κ1) is 38.7. The topological polar surface area (TPSA) is 243 Å². The highest BCUT2D eigenvalue weighted by Crippen LogP contribution is 2.46. The van der Waals surface area contributed by atoms with E-state index in [2.05, 4.69) is 10.6 Å². The van der Waals surface area contributed by atoms with Crippen LogP contribution in [0.2, 0.25) is 0 Å². The Morgan fingerprint density at radius 2 is 1.82 bits per heavy atom. The third-order valence-electron chi connectivity index (χ3n) is 9.54. The number of aliphatic hydroxyl groups excluding tert-OH is 2. The van der Waals surface area contributed by atoms with Gasteiger partial charge in [-0.15, -0.1) is 0 Å². The van der Waals surface area contributed by atoms with Gasteiger partial charge in [0.25, 0.3) is 12.2 Å². The number of nitrogens with one attached hydrogen (secondary N) is 2. The fourth-order valence-electron chi connectivity index (χ4n) is 6.90. The van der Waals surface area contributed by atoms with Crippen molar-refractivity contribution in [2.24, 2.45) is 0 Å². The van der Waals surface area contributed by atoms with Crippen LogP contribution in [0.3, 0.4) is 0 Å². The van der Waals surface area contributed by atoms with E-state index in [1.165, 1.54) is 19.9 Å². The maximum absolute atomic E-state index is 13.5. The number of likely N-dealkylation sites (N-methyl/N-ethyl adjacent to an activating group) is 1. The van der Waals surface area contributed by atoms with E-state index < -0.39 is 54.6 Å². The fourth-order valence-corrected chi connectivity index (χ4v) is 6.90. The number of anilines is 1. The van der Waals surface area contributed by atoms with Crippen LogP contribution in [0.5, 0.6) is 17.2 Å². The minimum Gasteiger partial charge on any atom is -0.512 e. The lowest BCUT2D eigenvalue weighted by atomic mass is 9.97. The average Bonchev–Trinajstić information content (AvgIpc) is 3.76. The van der Waals surface area contributed by atoms with Gasteiger partial charge in [0.05, 0.1) is 54.4 Å². The molecule has 0 spiro atoms. The molecule has 4 aliphatic heterocycles. The van der Waals surface area contributed by atoms with Crippen LogP contribution in [0.1, 0.15) is 48.7 Å². The lowest BCUT2D eigenvalue weighted by Gasteiger charge is -2.36. The fraction of sp³-hybridized carbons (Fsp3) is 0.432. The number of nitrogens with zero attached hydrogens (tertiary/aromatic N) is 2. The summed E-state index contributed by atoms with van der Waals surface area (Å²) >= 11 is 0. The van der Waals surface area contributed by atoms with E-state index in [9.17, 15) is 34.5 Å². The predicted molar refractivity (Wildman–Crippen MR) is 189 cm³/mol. The van der Waals surface area contributed by atoms with Gasteiger partial charge in [-0.05, 0) is 43.3 Å². The van der Waals surface area contributed by atoms with Crippen molar-refractivity contribution >= 4 is 40.3 Å². The van der Waals surface area contributed by atoms with E-state index in [1.54, 1.807) is 30.1 Å². The number of carboxylic acid groups (broad SMARTS) is 1. The van der Waals surface area contributed by atoms with Crippen molar-refractivity contribution in [2.45, 2.75) is 70.9 Å². The molecule has 56 heavy (non-hydrogen) atoms. The van der Waals surface area contributed by atoms with Crippen LogP contribution in [0.25, 0.3) is 10.9 Å². The zero-order valence-corrected chi connectivity index (χ0v) is 30.6. The van der Waals surface area contributed by atoms with E-state index in [0.717, 1.165) is 16.5 Å². The second kappa shape index (κ2) is 16.3. The minimum absolute atomic E-state index is 0.0144. The zero-order chi connectivity index (χ0) is 39.7. The van der Waals surface area contributed by atoms with Gasteiger partial charge in [-0.3, -0.25) is 19.4 Å². The molecule has 19 nitrogen and oxygen atoms in total. The van der Waals surface area contributed by atoms with Crippen LogP contribution in [-0.2, 0) is 62.6 Å². The average molecular weight is 781 g/mol. The Balaban J connectivity index is 1.06. The smallest absolute Gasteiger partial charge is 0.335 e. The summed E-state index contributed by atoms with van der Waals surface area (Å²) in [5.74, 6) is -1.76. The van der Waals surface area contributed by atoms with Gasteiger partial charge in [0.2, 0.25) is 19.0 Å². The summed E-state index contributed by atoms with van der Waals surface area (Å²) in [6, 6.07) is 7.76. The summed E-state index contributed by atoms with van der Waals surface area (Å²) in [5, 5.41) is 36.9. The molecule has 2 amide bonds. The standard InChI is InChI=1S/C37H40N4O15/c1-17-33(35(46)47)56-37(36(48)54-17)55-28-5-4-19(6-25(28)39-31(44)10-38-3)12-49-15-50-13-22-20-7-29-30(53-16-52-29)8-24(20)40-32-21(22)11-41-26(32)9-27(43)23(34(41)45)14-51-18(2)42/h4-8,17,26,33,36-38,43,48H,9-16H2,1-3H3,(H,39,44)(H,46,47). The first-order valence-corrected chi connectivity index (χ1v) is 17.6. The first-order chi connectivity index (χ1) is 26.9. The summed E-state index contributed by atoms with van der Waals surface area (Å²) in [4.78, 5) is 55.6. The summed E-state index contributed by atoms with van der Waals surface area (Å²) in [7, 11) is 1.60. The number of benzene rings is 2. The lowest BCUT2D eigenvalue weighted by molar-refractivity contribution is -0.322. The van der Waals surface area contributed by atoms with E-state index in [-0.39, 0.29) is 75.7 Å². The Morgan fingerprint density at radius 3 is 2.57 bits per heavy atom. The summed E-state index contributed by atoms with van der Waals surface area (Å²) < 4.78 is 44.7. The molecular formula is C37H40N4O15. The highest BCUT2D eigenvalue weighted by atomic mass is 16.8. The SMILES string of the molecule is CNCC(=O)Nc1cc(COCOCc2c3c(nc4cc5c(cc24)OCO5)C2CC(O)=C(COC(C)=O)C(=O)N2C3)ccc1OC1OC(C(=O)O)C(C)OC1O. The maximum atomic E-state index is 13.5. The quantitative estimate of drug-likeness (QED) is 0.0891. The molecule has 5 atom stereocenters. The third-order valence-corrected chi connectivity index (χ3v) is 9.54. The van der Waals surface area contributed by atoms with Gasteiger partial charge >= 0.3 is 11.9 Å². The van der Waals surface area contributed by atoms with E-state index in [1.807, 2.05) is 6.07 Å². The zero-order valence-electron chi connectivity index (χ0n) is 30.6. The molecule has 1 aromatic heterocycles. The van der Waals surface area contributed by atoms with Crippen molar-refractivity contribution in [3.63, 3.8) is 0 Å². The molecule has 0 radical (unpaired) electrons. The number of pyridine rings is 1. The number of amides is 2. The molecule has 1 saturated heterocycles. The minimum atomic E-state index is -1.60. The lowest BCUT2D eigenvalue weighted by Crippen LogP contribution is -2.53. The van der Waals surface area contributed by atoms with Crippen molar-refractivity contribution in [3.05, 3.63) is 64.0 Å². The maximum Gasteiger partial charge on any atom is 0.335 e. The van der Waals surface area contributed by atoms with Gasteiger partial charge in [-0.1, -0.05) is 6.07 Å². The number of rotatable bonds is 14. The third kappa shape index (κ3) is 7.90. The van der Waals surface area contributed by atoms with Gasteiger partial charge in [0, 0.05) is 36.9 Å². The van der Waals surface area contributed by atoms with Crippen LogP contribution >= 0.6 is 0 Å². The molecule has 0 saturated carbocycles. The van der Waals surface area contributed by atoms with Crippen LogP contribution < -0.4 is 24.8 Å². The summed E-state index contributed by atoms with van der Waals surface area (Å²) in [5.41, 5.74) is 3.49. The van der Waals surface area contributed by atoms with Crippen LogP contribution in [0.4, 0.5) is 5.69 Å². The number of aliphatic hydroxyl groups is 2. The molecule has 0 bridgehead atoms. The molecule has 5 unspecified atom stereocenters. The first-order valence-electron chi connectivity index (χ1n) is 17.6. The highest BCUT2D eigenvalue weighted by molar-refractivity contribution is 5.97. The number of hydrogen-bond acceptors (Lipinski definition) is 16. The van der Waals surface area contributed by atoms with Gasteiger partial charge in [0.15, 0.2) is 17.6 Å². The summed E-state index contributed by atoms with van der Waals surface area (Å²) in [6.07, 6.45) is -5.34. The monoisotopic (exact) mass is 780 g/mol.